The van der Waals surface area contributed by atoms with Crippen LogP contribution in [0.2, 0.25) is 0 Å². The maximum absolute atomic E-state index is 10.5. The molecule has 0 aliphatic heterocycles. The van der Waals surface area contributed by atoms with Crippen molar-refractivity contribution in [2.24, 2.45) is 5.11 Å². The highest BCUT2D eigenvalue weighted by Crippen LogP contribution is 2.46. The number of benzene rings is 2. The van der Waals surface area contributed by atoms with Crippen molar-refractivity contribution in [1.29, 1.82) is 0 Å². The van der Waals surface area contributed by atoms with Gasteiger partial charge in [0.15, 0.2) is 0 Å². The Hall–Kier alpha value is -2.29. The zero-order valence-corrected chi connectivity index (χ0v) is 13.8. The molecule has 4 heteroatoms. The van der Waals surface area contributed by atoms with E-state index in [1.165, 1.54) is 22.3 Å². The van der Waals surface area contributed by atoms with E-state index in [2.05, 4.69) is 58.6 Å². The molecule has 2 aromatic carbocycles. The first-order valence-corrected chi connectivity index (χ1v) is 8.68. The molecule has 24 heavy (non-hydrogen) atoms. The van der Waals surface area contributed by atoms with Crippen LogP contribution >= 0.6 is 0 Å². The van der Waals surface area contributed by atoms with E-state index in [0.29, 0.717) is 6.54 Å². The Morgan fingerprint density at radius 1 is 0.958 bits per heavy atom. The number of fused-ring (bicyclic) bond motifs is 3. The second-order valence-corrected chi connectivity index (χ2v) is 6.42. The number of hydrogen-bond acceptors (Lipinski definition) is 2. The first kappa shape index (κ1) is 16.6. The van der Waals surface area contributed by atoms with Gasteiger partial charge in [0, 0.05) is 17.4 Å². The lowest BCUT2D eigenvalue weighted by Gasteiger charge is -2.18. The summed E-state index contributed by atoms with van der Waals surface area (Å²) in [4.78, 5) is 2.76. The predicted octanol–water partition coefficient (Wildman–Crippen LogP) is 5.42. The lowest BCUT2D eigenvalue weighted by Crippen LogP contribution is -2.12. The van der Waals surface area contributed by atoms with Gasteiger partial charge in [-0.25, -0.2) is 0 Å². The molecular weight excluding hydrogens is 298 g/mol. The van der Waals surface area contributed by atoms with E-state index in [4.69, 9.17) is 5.53 Å². The third kappa shape index (κ3) is 3.61. The highest BCUT2D eigenvalue weighted by molar-refractivity contribution is 5.78. The molecule has 1 aliphatic rings. The molecule has 1 N–H and O–H groups in total. The van der Waals surface area contributed by atoms with Crippen molar-refractivity contribution in [3.05, 3.63) is 70.1 Å². The van der Waals surface area contributed by atoms with E-state index < -0.39 is 0 Å². The van der Waals surface area contributed by atoms with Crippen LogP contribution in [0.4, 0.5) is 0 Å². The van der Waals surface area contributed by atoms with Crippen molar-refractivity contribution >= 4 is 0 Å². The third-order valence-electron chi connectivity index (χ3n) is 4.83. The smallest absolute Gasteiger partial charge is 0.0549 e. The van der Waals surface area contributed by atoms with Gasteiger partial charge in [0.1, 0.15) is 0 Å². The summed E-state index contributed by atoms with van der Waals surface area (Å²) in [6, 6.07) is 17.1. The van der Waals surface area contributed by atoms with Gasteiger partial charge in [-0.1, -0.05) is 66.5 Å². The summed E-state index contributed by atoms with van der Waals surface area (Å²) in [5.41, 5.74) is 13.5. The van der Waals surface area contributed by atoms with E-state index in [1.807, 2.05) is 0 Å². The Labute approximate surface area is 142 Å². The largest absolute Gasteiger partial charge is 0.393 e. The molecule has 0 amide bonds. The van der Waals surface area contributed by atoms with Gasteiger partial charge < -0.3 is 5.11 Å². The van der Waals surface area contributed by atoms with Gasteiger partial charge >= 0.3 is 0 Å². The number of nitrogens with zero attached hydrogens (tertiary/aromatic N) is 3. The van der Waals surface area contributed by atoms with Gasteiger partial charge in [0.05, 0.1) is 6.10 Å². The van der Waals surface area contributed by atoms with Crippen LogP contribution in [0.3, 0.4) is 0 Å². The van der Waals surface area contributed by atoms with Crippen LogP contribution in [-0.2, 0) is 0 Å². The summed E-state index contributed by atoms with van der Waals surface area (Å²) >= 11 is 0. The molecule has 3 rings (SSSR count). The monoisotopic (exact) mass is 321 g/mol. The van der Waals surface area contributed by atoms with Crippen LogP contribution in [-0.4, -0.2) is 17.8 Å². The van der Waals surface area contributed by atoms with Gasteiger partial charge in [-0.05, 0) is 47.0 Å². The van der Waals surface area contributed by atoms with Gasteiger partial charge in [0.25, 0.3) is 0 Å². The molecule has 0 aromatic heterocycles. The molecular formula is C20H23N3O. The summed E-state index contributed by atoms with van der Waals surface area (Å²) in [7, 11) is 0. The molecule has 0 heterocycles. The van der Waals surface area contributed by atoms with Crippen molar-refractivity contribution < 1.29 is 5.11 Å². The molecule has 0 saturated heterocycles. The molecule has 0 radical (unpaired) electrons. The molecule has 4 nitrogen and oxygen atoms in total. The number of rotatable bonds is 8. The Balaban J connectivity index is 1.61. The van der Waals surface area contributed by atoms with Gasteiger partial charge in [0.2, 0.25) is 0 Å². The third-order valence-corrected chi connectivity index (χ3v) is 4.83. The maximum Gasteiger partial charge on any atom is 0.0549 e. The zero-order valence-electron chi connectivity index (χ0n) is 13.8. The average molecular weight is 321 g/mol. The second-order valence-electron chi connectivity index (χ2n) is 6.42. The molecule has 1 atom stereocenters. The highest BCUT2D eigenvalue weighted by atomic mass is 16.3. The standard InChI is InChI=1S/C20H23N3O/c21-23-22-13-7-1-2-8-15(24)14-20-18-11-5-3-9-16(18)17-10-4-6-12-19(17)20/h3-6,9-12,15,20,24H,1-2,7-8,13-14H2. The number of unbranched alkanes of at least 4 members (excludes halogenated alkanes) is 2. The number of aliphatic hydroxyl groups excluding tert-OH is 1. The van der Waals surface area contributed by atoms with Crippen LogP contribution < -0.4 is 0 Å². The van der Waals surface area contributed by atoms with Crippen LogP contribution in [0.5, 0.6) is 0 Å². The minimum Gasteiger partial charge on any atom is -0.393 e. The van der Waals surface area contributed by atoms with Crippen molar-refractivity contribution in [1.82, 2.24) is 0 Å². The van der Waals surface area contributed by atoms with E-state index in [-0.39, 0.29) is 12.0 Å². The van der Waals surface area contributed by atoms with Crippen molar-refractivity contribution in [3.63, 3.8) is 0 Å². The quantitative estimate of drug-likeness (QED) is 0.300. The minimum atomic E-state index is -0.298. The number of azide groups is 1. The van der Waals surface area contributed by atoms with Crippen LogP contribution in [0.15, 0.2) is 53.6 Å². The average Bonchev–Trinajstić information content (AvgIpc) is 2.93. The Morgan fingerprint density at radius 3 is 2.21 bits per heavy atom. The maximum atomic E-state index is 10.5. The van der Waals surface area contributed by atoms with Crippen LogP contribution in [0.25, 0.3) is 21.6 Å². The van der Waals surface area contributed by atoms with Crippen molar-refractivity contribution in [2.45, 2.75) is 44.1 Å². The Bertz CT molecular complexity index is 692. The summed E-state index contributed by atoms with van der Waals surface area (Å²) < 4.78 is 0. The summed E-state index contributed by atoms with van der Waals surface area (Å²) in [6.45, 7) is 0.552. The Kier molecular flexibility index (Phi) is 5.52. The van der Waals surface area contributed by atoms with Crippen LogP contribution in [0.1, 0.15) is 49.1 Å². The van der Waals surface area contributed by atoms with Crippen LogP contribution in [0, 0.1) is 0 Å². The van der Waals surface area contributed by atoms with E-state index >= 15 is 0 Å². The van der Waals surface area contributed by atoms with Crippen molar-refractivity contribution in [3.8, 4) is 11.1 Å². The van der Waals surface area contributed by atoms with E-state index in [1.54, 1.807) is 0 Å². The van der Waals surface area contributed by atoms with Gasteiger partial charge in [-0.3, -0.25) is 0 Å². The molecule has 0 saturated carbocycles. The molecule has 0 fully saturated rings. The normalized spacial score (nSPS) is 13.9. The number of aliphatic hydroxyl groups is 1. The molecule has 124 valence electrons. The first-order valence-electron chi connectivity index (χ1n) is 8.68. The fourth-order valence-electron chi connectivity index (χ4n) is 3.69. The van der Waals surface area contributed by atoms with Gasteiger partial charge in [-0.2, -0.15) is 0 Å². The summed E-state index contributed by atoms with van der Waals surface area (Å²) in [5.74, 6) is 0.288. The predicted molar refractivity (Wildman–Crippen MR) is 96.8 cm³/mol. The fourth-order valence-corrected chi connectivity index (χ4v) is 3.69. The molecule has 0 bridgehead atoms. The molecule has 1 aliphatic carbocycles. The summed E-state index contributed by atoms with van der Waals surface area (Å²) in [6.07, 6.45) is 4.13. The van der Waals surface area contributed by atoms with E-state index in [0.717, 1.165) is 32.1 Å². The van der Waals surface area contributed by atoms with E-state index in [9.17, 15) is 5.11 Å². The fraction of sp³-hybridized carbons (Fsp3) is 0.400. The minimum absolute atomic E-state index is 0.288. The topological polar surface area (TPSA) is 69.0 Å². The van der Waals surface area contributed by atoms with Gasteiger partial charge in [-0.15, -0.1) is 0 Å². The first-order chi connectivity index (χ1) is 11.8. The number of hydrogen-bond donors (Lipinski definition) is 1. The lowest BCUT2D eigenvalue weighted by atomic mass is 9.89. The second kappa shape index (κ2) is 8.00. The summed E-state index contributed by atoms with van der Waals surface area (Å²) in [5, 5.41) is 14.0. The molecule has 0 spiro atoms. The van der Waals surface area contributed by atoms with Crippen molar-refractivity contribution in [2.75, 3.05) is 6.54 Å². The highest BCUT2D eigenvalue weighted by Gasteiger charge is 2.29. The Morgan fingerprint density at radius 2 is 1.58 bits per heavy atom. The SMILES string of the molecule is [N-]=[N+]=NCCCCCC(O)CC1c2ccccc2-c2ccccc21. The zero-order chi connectivity index (χ0) is 16.8. The molecule has 2 aromatic rings. The lowest BCUT2D eigenvalue weighted by molar-refractivity contribution is 0.146. The molecule has 1 unspecified atom stereocenters.